The zero-order valence-electron chi connectivity index (χ0n) is 12.3. The monoisotopic (exact) mass is 315 g/mol. The lowest BCUT2D eigenvalue weighted by atomic mass is 9.87. The van der Waals surface area contributed by atoms with Gasteiger partial charge in [-0.1, -0.05) is 18.9 Å². The summed E-state index contributed by atoms with van der Waals surface area (Å²) in [5, 5.41) is 3.29. The first-order chi connectivity index (χ1) is 10.00. The Morgan fingerprint density at radius 2 is 2.05 bits per heavy atom. The molecule has 0 amide bonds. The lowest BCUT2D eigenvalue weighted by molar-refractivity contribution is -0.0443. The molecule has 1 saturated carbocycles. The van der Waals surface area contributed by atoms with E-state index >= 15 is 0 Å². The first kappa shape index (κ1) is 16.2. The molecule has 0 spiro atoms. The van der Waals surface area contributed by atoms with E-state index in [1.165, 1.54) is 0 Å². The van der Waals surface area contributed by atoms with E-state index in [0.29, 0.717) is 31.0 Å². The Kier molecular flexibility index (Phi) is 5.56. The van der Waals surface area contributed by atoms with Crippen LogP contribution in [0.5, 0.6) is 0 Å². The van der Waals surface area contributed by atoms with Crippen molar-refractivity contribution < 1.29 is 8.78 Å². The molecule has 2 rings (SSSR count). The van der Waals surface area contributed by atoms with Gasteiger partial charge < -0.3 is 15.8 Å². The number of benzene rings is 1. The average Bonchev–Trinajstić information content (AvgIpc) is 2.45. The molecule has 0 aromatic heterocycles. The van der Waals surface area contributed by atoms with Gasteiger partial charge in [-0.15, -0.1) is 0 Å². The zero-order chi connectivity index (χ0) is 15.3. The van der Waals surface area contributed by atoms with E-state index < -0.39 is 5.92 Å². The summed E-state index contributed by atoms with van der Waals surface area (Å²) in [5.41, 5.74) is 8.55. The highest BCUT2D eigenvalue weighted by atomic mass is 32.2. The molecule has 0 bridgehead atoms. The van der Waals surface area contributed by atoms with Gasteiger partial charge in [0.2, 0.25) is 5.92 Å². The Bertz CT molecular complexity index is 458. The maximum absolute atomic E-state index is 13.1. The number of hydrogen-bond donors (Lipinski definition) is 3. The second kappa shape index (κ2) is 7.20. The summed E-state index contributed by atoms with van der Waals surface area (Å²) < 4.78 is 29.4. The lowest BCUT2D eigenvalue weighted by Crippen LogP contribution is -2.28. The lowest BCUT2D eigenvalue weighted by Gasteiger charge is -2.28. The van der Waals surface area contributed by atoms with E-state index in [1.54, 1.807) is 11.9 Å². The SMILES string of the molecule is CCSNc1ccc(NCC2CCC(F)(F)CC2)c(N)c1. The summed E-state index contributed by atoms with van der Waals surface area (Å²) >= 11 is 1.61. The molecule has 1 fully saturated rings. The molecule has 3 nitrogen and oxygen atoms in total. The molecule has 21 heavy (non-hydrogen) atoms. The van der Waals surface area contributed by atoms with Crippen LogP contribution >= 0.6 is 11.9 Å². The van der Waals surface area contributed by atoms with Crippen LogP contribution in [0.25, 0.3) is 0 Å². The first-order valence-corrected chi connectivity index (χ1v) is 8.38. The Morgan fingerprint density at radius 1 is 1.33 bits per heavy atom. The van der Waals surface area contributed by atoms with Crippen molar-refractivity contribution in [3.8, 4) is 0 Å². The van der Waals surface area contributed by atoms with Crippen LogP contribution in [-0.2, 0) is 0 Å². The summed E-state index contributed by atoms with van der Waals surface area (Å²) in [7, 11) is 0. The number of nitrogen functional groups attached to an aromatic ring is 1. The molecule has 4 N–H and O–H groups in total. The number of anilines is 3. The van der Waals surface area contributed by atoms with Gasteiger partial charge in [-0.25, -0.2) is 8.78 Å². The van der Waals surface area contributed by atoms with Crippen LogP contribution in [0.1, 0.15) is 32.6 Å². The molecule has 1 aliphatic rings. The molecule has 1 aromatic carbocycles. The van der Waals surface area contributed by atoms with Crippen LogP contribution in [0.4, 0.5) is 25.8 Å². The van der Waals surface area contributed by atoms with Gasteiger partial charge in [-0.05, 0) is 37.0 Å². The van der Waals surface area contributed by atoms with Crippen molar-refractivity contribution in [1.82, 2.24) is 0 Å². The van der Waals surface area contributed by atoms with Gasteiger partial charge in [0.05, 0.1) is 11.4 Å². The van der Waals surface area contributed by atoms with Crippen molar-refractivity contribution in [3.63, 3.8) is 0 Å². The van der Waals surface area contributed by atoms with Gasteiger partial charge in [-0.3, -0.25) is 0 Å². The van der Waals surface area contributed by atoms with Crippen molar-refractivity contribution in [3.05, 3.63) is 18.2 Å². The maximum Gasteiger partial charge on any atom is 0.248 e. The van der Waals surface area contributed by atoms with E-state index in [0.717, 1.165) is 17.1 Å². The average molecular weight is 315 g/mol. The van der Waals surface area contributed by atoms with Gasteiger partial charge in [-0.2, -0.15) is 0 Å². The predicted molar refractivity (Wildman–Crippen MR) is 88.0 cm³/mol. The third-order valence-corrected chi connectivity index (χ3v) is 4.47. The van der Waals surface area contributed by atoms with Gasteiger partial charge >= 0.3 is 0 Å². The largest absolute Gasteiger partial charge is 0.397 e. The Labute approximate surface area is 129 Å². The molecule has 0 unspecified atom stereocenters. The minimum Gasteiger partial charge on any atom is -0.397 e. The second-order valence-corrected chi connectivity index (χ2v) is 6.59. The van der Waals surface area contributed by atoms with Crippen molar-refractivity contribution in [1.29, 1.82) is 0 Å². The highest BCUT2D eigenvalue weighted by molar-refractivity contribution is 8.00. The predicted octanol–water partition coefficient (Wildman–Crippen LogP) is 4.59. The smallest absolute Gasteiger partial charge is 0.248 e. The van der Waals surface area contributed by atoms with Crippen molar-refractivity contribution >= 4 is 29.0 Å². The molecule has 1 aliphatic carbocycles. The molecule has 0 atom stereocenters. The van der Waals surface area contributed by atoms with E-state index in [4.69, 9.17) is 5.73 Å². The molecule has 0 heterocycles. The van der Waals surface area contributed by atoms with Crippen LogP contribution < -0.4 is 15.8 Å². The third kappa shape index (κ3) is 4.95. The minimum atomic E-state index is -2.46. The topological polar surface area (TPSA) is 50.1 Å². The molecule has 6 heteroatoms. The van der Waals surface area contributed by atoms with E-state index in [9.17, 15) is 8.78 Å². The zero-order valence-corrected chi connectivity index (χ0v) is 13.1. The summed E-state index contributed by atoms with van der Waals surface area (Å²) in [6.45, 7) is 2.78. The fraction of sp³-hybridized carbons (Fsp3) is 0.600. The van der Waals surface area contributed by atoms with Gasteiger partial charge in [0, 0.05) is 30.8 Å². The van der Waals surface area contributed by atoms with Crippen LogP contribution in [0.2, 0.25) is 0 Å². The molecule has 0 aliphatic heterocycles. The van der Waals surface area contributed by atoms with Crippen LogP contribution in [0.3, 0.4) is 0 Å². The highest BCUT2D eigenvalue weighted by Gasteiger charge is 2.34. The number of rotatable bonds is 6. The second-order valence-electron chi connectivity index (χ2n) is 5.52. The van der Waals surface area contributed by atoms with E-state index in [-0.39, 0.29) is 12.8 Å². The summed E-state index contributed by atoms with van der Waals surface area (Å²) in [6, 6.07) is 5.79. The summed E-state index contributed by atoms with van der Waals surface area (Å²) in [5.74, 6) is -1.18. The van der Waals surface area contributed by atoms with Crippen LogP contribution in [0.15, 0.2) is 18.2 Å². The number of nitrogens with one attached hydrogen (secondary N) is 2. The molecule has 0 saturated heterocycles. The van der Waals surface area contributed by atoms with Gasteiger partial charge in [0.25, 0.3) is 0 Å². The number of nitrogens with two attached hydrogens (primary N) is 1. The quantitative estimate of drug-likeness (QED) is 0.531. The van der Waals surface area contributed by atoms with Crippen LogP contribution in [-0.4, -0.2) is 18.2 Å². The van der Waals surface area contributed by atoms with Crippen molar-refractivity contribution in [2.24, 2.45) is 5.92 Å². The first-order valence-electron chi connectivity index (χ1n) is 7.39. The molecular formula is C15H23F2N3S. The minimum absolute atomic E-state index is 0.00588. The normalized spacial score (nSPS) is 18.4. The van der Waals surface area contributed by atoms with Gasteiger partial charge in [0.15, 0.2) is 0 Å². The molecule has 0 radical (unpaired) electrons. The maximum atomic E-state index is 13.1. The van der Waals surface area contributed by atoms with Crippen LogP contribution in [0, 0.1) is 5.92 Å². The van der Waals surface area contributed by atoms with Crippen molar-refractivity contribution in [2.75, 3.05) is 28.1 Å². The Morgan fingerprint density at radius 3 is 2.67 bits per heavy atom. The third-order valence-electron chi connectivity index (χ3n) is 3.80. The number of halogens is 2. The van der Waals surface area contributed by atoms with Gasteiger partial charge in [0.1, 0.15) is 0 Å². The van der Waals surface area contributed by atoms with Crippen molar-refractivity contribution in [2.45, 2.75) is 38.5 Å². The number of alkyl halides is 2. The Hall–Kier alpha value is -1.17. The standard InChI is InChI=1S/C15H23F2N3S/c1-2-21-20-12-3-4-14(13(18)9-12)19-10-11-5-7-15(16,17)8-6-11/h3-4,9,11,19-20H,2,5-8,10,18H2,1H3. The Balaban J connectivity index is 1.83. The fourth-order valence-electron chi connectivity index (χ4n) is 2.50. The number of hydrogen-bond acceptors (Lipinski definition) is 4. The molecule has 1 aromatic rings. The molecule has 118 valence electrons. The van der Waals surface area contributed by atoms with E-state index in [1.807, 2.05) is 18.2 Å². The summed E-state index contributed by atoms with van der Waals surface area (Å²) in [4.78, 5) is 0. The fourth-order valence-corrected chi connectivity index (χ4v) is 2.94. The highest BCUT2D eigenvalue weighted by Crippen LogP contribution is 2.36. The molecular weight excluding hydrogens is 292 g/mol. The summed E-state index contributed by atoms with van der Waals surface area (Å²) in [6.07, 6.45) is 1.16. The van der Waals surface area contributed by atoms with E-state index in [2.05, 4.69) is 17.0 Å².